The maximum Gasteiger partial charge on any atom is 0.291 e. The van der Waals surface area contributed by atoms with Crippen LogP contribution in [0.1, 0.15) is 37.0 Å². The van der Waals surface area contributed by atoms with Crippen molar-refractivity contribution in [1.82, 2.24) is 30.0 Å². The number of nitrogens with zero attached hydrogens (tertiary/aromatic N) is 6. The molecule has 9 heteroatoms. The first kappa shape index (κ1) is 19.9. The quantitative estimate of drug-likeness (QED) is 0.709. The summed E-state index contributed by atoms with van der Waals surface area (Å²) in [6, 6.07) is 8.76. The van der Waals surface area contributed by atoms with Crippen LogP contribution in [0.4, 0.5) is 0 Å². The number of aromatic nitrogens is 5. The molecule has 0 atom stereocenters. The molecule has 0 saturated heterocycles. The number of methoxy groups -OCH3 is 1. The highest BCUT2D eigenvalue weighted by Gasteiger charge is 2.21. The first-order valence-electron chi connectivity index (χ1n) is 8.93. The maximum atomic E-state index is 12.6. The standard InChI is InChI=1S/C20H21N7O2/c1-20(2,3)12-24-19(28)17-25-18(15-7-5-13(9-21)10-22-15)27(26-17)14-6-8-16(29-4)23-11-14/h5-8,10-11H,12H2,1-4H3,(H,24,28). The summed E-state index contributed by atoms with van der Waals surface area (Å²) < 4.78 is 6.58. The third kappa shape index (κ3) is 4.73. The lowest BCUT2D eigenvalue weighted by atomic mass is 9.97. The fourth-order valence-corrected chi connectivity index (χ4v) is 2.39. The van der Waals surface area contributed by atoms with E-state index in [1.54, 1.807) is 30.5 Å². The number of nitrogens with one attached hydrogen (secondary N) is 1. The number of ether oxygens (including phenoxy) is 1. The highest BCUT2D eigenvalue weighted by molar-refractivity contribution is 5.91. The second-order valence-electron chi connectivity index (χ2n) is 7.52. The van der Waals surface area contributed by atoms with Crippen molar-refractivity contribution in [2.75, 3.05) is 13.7 Å². The van der Waals surface area contributed by atoms with Gasteiger partial charge in [0.05, 0.1) is 24.6 Å². The average molecular weight is 391 g/mol. The van der Waals surface area contributed by atoms with E-state index in [0.717, 1.165) is 0 Å². The van der Waals surface area contributed by atoms with Crippen molar-refractivity contribution < 1.29 is 9.53 Å². The van der Waals surface area contributed by atoms with Crippen molar-refractivity contribution in [1.29, 1.82) is 5.26 Å². The van der Waals surface area contributed by atoms with E-state index in [9.17, 15) is 4.79 Å². The Morgan fingerprint density at radius 1 is 1.21 bits per heavy atom. The fourth-order valence-electron chi connectivity index (χ4n) is 2.39. The molecule has 0 bridgehead atoms. The molecular weight excluding hydrogens is 370 g/mol. The molecule has 0 radical (unpaired) electrons. The summed E-state index contributed by atoms with van der Waals surface area (Å²) in [7, 11) is 1.53. The van der Waals surface area contributed by atoms with Gasteiger partial charge in [-0.1, -0.05) is 20.8 Å². The molecule has 29 heavy (non-hydrogen) atoms. The fraction of sp³-hybridized carbons (Fsp3) is 0.300. The predicted octanol–water partition coefficient (Wildman–Crippen LogP) is 2.38. The average Bonchev–Trinajstić information content (AvgIpc) is 3.17. The molecular formula is C20H21N7O2. The van der Waals surface area contributed by atoms with Crippen molar-refractivity contribution in [2.45, 2.75) is 20.8 Å². The second-order valence-corrected chi connectivity index (χ2v) is 7.52. The number of amides is 1. The van der Waals surface area contributed by atoms with E-state index in [4.69, 9.17) is 10.00 Å². The van der Waals surface area contributed by atoms with Crippen molar-refractivity contribution in [2.24, 2.45) is 5.41 Å². The predicted molar refractivity (Wildman–Crippen MR) is 105 cm³/mol. The lowest BCUT2D eigenvalue weighted by molar-refractivity contribution is 0.0929. The lowest BCUT2D eigenvalue weighted by Crippen LogP contribution is -2.32. The number of nitriles is 1. The van der Waals surface area contributed by atoms with Crippen LogP contribution >= 0.6 is 0 Å². The molecule has 0 spiro atoms. The molecule has 0 aliphatic carbocycles. The number of carbonyl (C=O) groups is 1. The van der Waals surface area contributed by atoms with Gasteiger partial charge in [0.1, 0.15) is 11.8 Å². The van der Waals surface area contributed by atoms with Crippen LogP contribution in [0.2, 0.25) is 0 Å². The lowest BCUT2D eigenvalue weighted by Gasteiger charge is -2.17. The Kier molecular flexibility index (Phi) is 5.54. The normalized spacial score (nSPS) is 11.0. The van der Waals surface area contributed by atoms with Crippen LogP contribution in [-0.2, 0) is 0 Å². The van der Waals surface area contributed by atoms with E-state index >= 15 is 0 Å². The number of carbonyl (C=O) groups excluding carboxylic acids is 1. The van der Waals surface area contributed by atoms with Gasteiger partial charge in [0.2, 0.25) is 11.7 Å². The summed E-state index contributed by atoms with van der Waals surface area (Å²) in [6.07, 6.45) is 3.01. The van der Waals surface area contributed by atoms with Gasteiger partial charge in [0.15, 0.2) is 5.82 Å². The molecule has 0 aliphatic rings. The van der Waals surface area contributed by atoms with Gasteiger partial charge in [-0.2, -0.15) is 5.26 Å². The third-order valence-corrected chi connectivity index (χ3v) is 3.89. The van der Waals surface area contributed by atoms with Gasteiger partial charge in [0, 0.05) is 18.8 Å². The summed E-state index contributed by atoms with van der Waals surface area (Å²) in [5.74, 6) is 0.457. The Morgan fingerprint density at radius 2 is 2.00 bits per heavy atom. The SMILES string of the molecule is COc1ccc(-n2nc(C(=O)NCC(C)(C)C)nc2-c2ccc(C#N)cn2)cn1. The molecule has 9 nitrogen and oxygen atoms in total. The van der Waals surface area contributed by atoms with Gasteiger partial charge in [-0.3, -0.25) is 9.78 Å². The van der Waals surface area contributed by atoms with Gasteiger partial charge in [0.25, 0.3) is 5.91 Å². The van der Waals surface area contributed by atoms with Crippen molar-refractivity contribution >= 4 is 5.91 Å². The van der Waals surface area contributed by atoms with Gasteiger partial charge in [-0.05, 0) is 23.6 Å². The third-order valence-electron chi connectivity index (χ3n) is 3.89. The van der Waals surface area contributed by atoms with E-state index in [2.05, 4.69) is 25.4 Å². The molecule has 1 N–H and O–H groups in total. The van der Waals surface area contributed by atoms with Crippen LogP contribution in [0.5, 0.6) is 5.88 Å². The molecule has 3 heterocycles. The van der Waals surface area contributed by atoms with E-state index < -0.39 is 0 Å². The number of hydrogen-bond donors (Lipinski definition) is 1. The minimum atomic E-state index is -0.380. The van der Waals surface area contributed by atoms with Crippen LogP contribution in [0.15, 0.2) is 36.7 Å². The van der Waals surface area contributed by atoms with E-state index in [1.165, 1.54) is 18.0 Å². The Hall–Kier alpha value is -3.80. The summed E-state index contributed by atoms with van der Waals surface area (Å²) in [4.78, 5) is 25.4. The summed E-state index contributed by atoms with van der Waals surface area (Å²) in [6.45, 7) is 6.55. The Balaban J connectivity index is 2.02. The molecule has 3 aromatic rings. The van der Waals surface area contributed by atoms with E-state index in [-0.39, 0.29) is 17.1 Å². The van der Waals surface area contributed by atoms with Crippen LogP contribution in [0.3, 0.4) is 0 Å². The summed E-state index contributed by atoms with van der Waals surface area (Å²) in [5.41, 5.74) is 1.42. The first-order valence-corrected chi connectivity index (χ1v) is 8.93. The molecule has 3 rings (SSSR count). The summed E-state index contributed by atoms with van der Waals surface area (Å²) in [5, 5.41) is 16.2. The molecule has 148 valence electrons. The zero-order valence-corrected chi connectivity index (χ0v) is 16.7. The highest BCUT2D eigenvalue weighted by Crippen LogP contribution is 2.21. The zero-order chi connectivity index (χ0) is 21.0. The highest BCUT2D eigenvalue weighted by atomic mass is 16.5. The minimum absolute atomic E-state index is 0.0197. The van der Waals surface area contributed by atoms with Crippen molar-refractivity contribution in [3.63, 3.8) is 0 Å². The molecule has 0 saturated carbocycles. The largest absolute Gasteiger partial charge is 0.481 e. The van der Waals surface area contributed by atoms with Crippen LogP contribution in [0, 0.1) is 16.7 Å². The number of pyridine rings is 2. The zero-order valence-electron chi connectivity index (χ0n) is 16.7. The topological polar surface area (TPSA) is 119 Å². The Labute approximate surface area is 168 Å². The monoisotopic (exact) mass is 391 g/mol. The van der Waals surface area contributed by atoms with Crippen molar-refractivity contribution in [3.05, 3.63) is 48.0 Å². The van der Waals surface area contributed by atoms with Crippen LogP contribution < -0.4 is 10.1 Å². The van der Waals surface area contributed by atoms with Gasteiger partial charge in [-0.15, -0.1) is 5.10 Å². The van der Waals surface area contributed by atoms with Crippen LogP contribution in [0.25, 0.3) is 17.2 Å². The van der Waals surface area contributed by atoms with Gasteiger partial charge >= 0.3 is 0 Å². The Morgan fingerprint density at radius 3 is 2.55 bits per heavy atom. The second kappa shape index (κ2) is 8.06. The maximum absolute atomic E-state index is 12.6. The van der Waals surface area contributed by atoms with Crippen LogP contribution in [-0.4, -0.2) is 44.3 Å². The first-order chi connectivity index (χ1) is 13.8. The molecule has 0 aliphatic heterocycles. The molecule has 3 aromatic heterocycles. The molecule has 0 aromatic carbocycles. The number of hydrogen-bond acceptors (Lipinski definition) is 7. The summed E-state index contributed by atoms with van der Waals surface area (Å²) >= 11 is 0. The smallest absolute Gasteiger partial charge is 0.291 e. The minimum Gasteiger partial charge on any atom is -0.481 e. The van der Waals surface area contributed by atoms with Crippen molar-refractivity contribution in [3.8, 4) is 29.2 Å². The van der Waals surface area contributed by atoms with E-state index in [1.807, 2.05) is 26.8 Å². The molecule has 1 amide bonds. The van der Waals surface area contributed by atoms with Gasteiger partial charge in [-0.25, -0.2) is 14.6 Å². The number of rotatable bonds is 5. The van der Waals surface area contributed by atoms with Gasteiger partial charge < -0.3 is 10.1 Å². The van der Waals surface area contributed by atoms with E-state index in [0.29, 0.717) is 35.2 Å². The molecule has 0 unspecified atom stereocenters. The Bertz CT molecular complexity index is 1040. The molecule has 0 fully saturated rings.